The van der Waals surface area contributed by atoms with Crippen molar-refractivity contribution in [2.75, 3.05) is 0 Å². The Hall–Kier alpha value is -0.970. The molecule has 0 aromatic heterocycles. The molecule has 0 rings (SSSR count). The highest BCUT2D eigenvalue weighted by molar-refractivity contribution is 5.88. The van der Waals surface area contributed by atoms with Crippen LogP contribution in [0.3, 0.4) is 0 Å². The Morgan fingerprint density at radius 2 is 2.10 bits per heavy atom. The Bertz CT molecular complexity index is 168. The van der Waals surface area contributed by atoms with Crippen molar-refractivity contribution in [3.05, 3.63) is 10.1 Å². The maximum atomic E-state index is 9.76. The van der Waals surface area contributed by atoms with E-state index in [0.717, 1.165) is 0 Å². The summed E-state index contributed by atoms with van der Waals surface area (Å²) in [5, 5.41) is 21.0. The highest BCUT2D eigenvalue weighted by Gasteiger charge is 2.19. The predicted octanol–water partition coefficient (Wildman–Crippen LogP) is 0.410. The summed E-state index contributed by atoms with van der Waals surface area (Å²) in [5.74, 6) is 0. The summed E-state index contributed by atoms with van der Waals surface area (Å²) in [6.45, 7) is 4.29. The molecule has 0 aromatic rings. The van der Waals surface area contributed by atoms with Gasteiger partial charge in [-0.3, -0.25) is 0 Å². The van der Waals surface area contributed by atoms with E-state index in [4.69, 9.17) is 5.11 Å². The number of hydrogen-bond acceptors (Lipinski definition) is 3. The van der Waals surface area contributed by atoms with Crippen LogP contribution in [0.15, 0.2) is 5.10 Å². The summed E-state index contributed by atoms with van der Waals surface area (Å²) in [5.41, 5.74) is -1.11. The Labute approximate surface area is 58.5 Å². The molecule has 0 heterocycles. The molecule has 0 saturated carbocycles. The van der Waals surface area contributed by atoms with Crippen molar-refractivity contribution in [1.82, 2.24) is 0 Å². The van der Waals surface area contributed by atoms with Gasteiger partial charge in [0.25, 0.3) is 0 Å². The molecule has 0 radical (unpaired) electrons. The zero-order valence-electron chi connectivity index (χ0n) is 6.16. The van der Waals surface area contributed by atoms with Gasteiger partial charge in [-0.15, -0.1) is 0 Å². The van der Waals surface area contributed by atoms with Gasteiger partial charge in [-0.25, -0.2) is 10.1 Å². The molecule has 0 unspecified atom stereocenters. The molecule has 5 heteroatoms. The number of hydrazone groups is 1. The summed E-state index contributed by atoms with van der Waals surface area (Å²) in [6.07, 6.45) is 0. The molecule has 10 heavy (non-hydrogen) atoms. The molecular weight excluding hydrogens is 136 g/mol. The van der Waals surface area contributed by atoms with Crippen LogP contribution in [-0.2, 0) is 0 Å². The van der Waals surface area contributed by atoms with Crippen molar-refractivity contribution in [3.8, 4) is 0 Å². The Balaban J connectivity index is 4.35. The fourth-order valence-electron chi connectivity index (χ4n) is 0.245. The van der Waals surface area contributed by atoms with Crippen LogP contribution >= 0.6 is 0 Å². The van der Waals surface area contributed by atoms with Crippen molar-refractivity contribution < 1.29 is 10.1 Å². The molecule has 5 nitrogen and oxygen atoms in total. The average molecular weight is 146 g/mol. The first kappa shape index (κ1) is 9.03. The van der Waals surface area contributed by atoms with Crippen molar-refractivity contribution in [3.63, 3.8) is 0 Å². The smallest absolute Gasteiger partial charge is 0.190 e. The lowest BCUT2D eigenvalue weighted by molar-refractivity contribution is -0.485. The average Bonchev–Trinajstić information content (AvgIpc) is 1.60. The van der Waals surface area contributed by atoms with E-state index in [1.54, 1.807) is 0 Å². The molecule has 0 aliphatic carbocycles. The molecule has 58 valence electrons. The van der Waals surface area contributed by atoms with Gasteiger partial charge in [-0.05, 0) is 20.8 Å². The summed E-state index contributed by atoms with van der Waals surface area (Å²) >= 11 is 0. The number of aliphatic hydroxyl groups is 1. The first-order chi connectivity index (χ1) is 4.34. The third kappa shape index (κ3) is 3.13. The number of nitro groups is 1. The molecule has 0 aliphatic heterocycles. The quantitative estimate of drug-likeness (QED) is 0.348. The van der Waals surface area contributed by atoms with Gasteiger partial charge in [0.05, 0.1) is 5.10 Å². The van der Waals surface area contributed by atoms with E-state index in [2.05, 4.69) is 5.10 Å². The van der Waals surface area contributed by atoms with Gasteiger partial charge < -0.3 is 5.11 Å². The van der Waals surface area contributed by atoms with Gasteiger partial charge >= 0.3 is 0 Å². The van der Waals surface area contributed by atoms with Crippen molar-refractivity contribution >= 4 is 5.71 Å². The van der Waals surface area contributed by atoms with E-state index >= 15 is 0 Å². The highest BCUT2D eigenvalue weighted by Crippen LogP contribution is 2.03. The zero-order chi connectivity index (χ0) is 8.36. The maximum absolute atomic E-state index is 9.76. The molecule has 0 atom stereocenters. The van der Waals surface area contributed by atoms with Crippen LogP contribution in [0.25, 0.3) is 0 Å². The maximum Gasteiger partial charge on any atom is 0.190 e. The fourth-order valence-corrected chi connectivity index (χ4v) is 0.245. The standard InChI is InChI=1S/C5H10N2O3/c1-4(5(2,3)8)6-7(9)10/h8H,1-3H3. The highest BCUT2D eigenvalue weighted by atomic mass is 16.7. The molecule has 0 fully saturated rings. The van der Waals surface area contributed by atoms with E-state index in [9.17, 15) is 10.1 Å². The zero-order valence-corrected chi connectivity index (χ0v) is 6.16. The number of nitrogens with zero attached hydrogens (tertiary/aromatic N) is 2. The summed E-state index contributed by atoms with van der Waals surface area (Å²) < 4.78 is 0. The molecule has 0 aromatic carbocycles. The van der Waals surface area contributed by atoms with Crippen molar-refractivity contribution in [2.24, 2.45) is 5.10 Å². The Morgan fingerprint density at radius 1 is 1.70 bits per heavy atom. The van der Waals surface area contributed by atoms with Crippen LogP contribution in [0.4, 0.5) is 0 Å². The van der Waals surface area contributed by atoms with E-state index in [1.807, 2.05) is 0 Å². The second-order valence-corrected chi connectivity index (χ2v) is 2.48. The largest absolute Gasteiger partial charge is 0.384 e. The van der Waals surface area contributed by atoms with Crippen LogP contribution in [0.5, 0.6) is 0 Å². The third-order valence-electron chi connectivity index (χ3n) is 1.12. The minimum absolute atomic E-state index is 0.0949. The third-order valence-corrected chi connectivity index (χ3v) is 1.12. The van der Waals surface area contributed by atoms with E-state index in [-0.39, 0.29) is 5.71 Å². The first-order valence-electron chi connectivity index (χ1n) is 2.76. The fraction of sp³-hybridized carbons (Fsp3) is 0.800. The van der Waals surface area contributed by atoms with E-state index < -0.39 is 10.6 Å². The normalized spacial score (nSPS) is 13.4. The molecule has 0 aliphatic rings. The molecular formula is C5H10N2O3. The second-order valence-electron chi connectivity index (χ2n) is 2.48. The van der Waals surface area contributed by atoms with E-state index in [0.29, 0.717) is 0 Å². The summed E-state index contributed by atoms with van der Waals surface area (Å²) in [4.78, 5) is 9.76. The second kappa shape index (κ2) is 2.74. The van der Waals surface area contributed by atoms with Gasteiger partial charge in [0.15, 0.2) is 5.03 Å². The molecule has 0 amide bonds. The van der Waals surface area contributed by atoms with Crippen LogP contribution in [-0.4, -0.2) is 21.5 Å². The first-order valence-corrected chi connectivity index (χ1v) is 2.76. The van der Waals surface area contributed by atoms with Crippen LogP contribution in [0.2, 0.25) is 0 Å². The monoisotopic (exact) mass is 146 g/mol. The van der Waals surface area contributed by atoms with Gasteiger partial charge in [0.2, 0.25) is 0 Å². The molecule has 0 saturated heterocycles. The van der Waals surface area contributed by atoms with Crippen molar-refractivity contribution in [2.45, 2.75) is 26.4 Å². The van der Waals surface area contributed by atoms with Gasteiger partial charge in [0, 0.05) is 0 Å². The minimum Gasteiger partial charge on any atom is -0.384 e. The van der Waals surface area contributed by atoms with Gasteiger partial charge in [0.1, 0.15) is 11.3 Å². The van der Waals surface area contributed by atoms with Crippen LogP contribution in [0.1, 0.15) is 20.8 Å². The lowest BCUT2D eigenvalue weighted by Gasteiger charge is -2.12. The van der Waals surface area contributed by atoms with Crippen LogP contribution in [0, 0.1) is 10.1 Å². The topological polar surface area (TPSA) is 75.7 Å². The molecule has 0 bridgehead atoms. The Morgan fingerprint density at radius 3 is 2.20 bits per heavy atom. The van der Waals surface area contributed by atoms with Crippen molar-refractivity contribution in [1.29, 1.82) is 0 Å². The van der Waals surface area contributed by atoms with Crippen LogP contribution < -0.4 is 0 Å². The lowest BCUT2D eigenvalue weighted by atomic mass is 10.1. The summed E-state index contributed by atoms with van der Waals surface area (Å²) in [7, 11) is 0. The van der Waals surface area contributed by atoms with Gasteiger partial charge in [-0.1, -0.05) is 0 Å². The molecule has 0 spiro atoms. The SMILES string of the molecule is CC(=N[N+](=O)[O-])C(C)(C)O. The lowest BCUT2D eigenvalue weighted by Crippen LogP contribution is -2.29. The number of hydrogen-bond donors (Lipinski definition) is 1. The predicted molar refractivity (Wildman–Crippen MR) is 36.4 cm³/mol. The van der Waals surface area contributed by atoms with E-state index in [1.165, 1.54) is 20.8 Å². The minimum atomic E-state index is -1.20. The summed E-state index contributed by atoms with van der Waals surface area (Å²) in [6, 6.07) is 0. The number of rotatable bonds is 2. The molecule has 1 N–H and O–H groups in total. The van der Waals surface area contributed by atoms with Gasteiger partial charge in [-0.2, -0.15) is 0 Å². The Kier molecular flexibility index (Phi) is 2.48.